The minimum absolute atomic E-state index is 0. The predicted octanol–water partition coefficient (Wildman–Crippen LogP) is 2.73. The van der Waals surface area contributed by atoms with Crippen LogP contribution in [-0.4, -0.2) is 34.1 Å². The minimum atomic E-state index is -0.0392. The number of nitrogens with one attached hydrogen (secondary N) is 1. The molecule has 3 rings (SSSR count). The Kier molecular flexibility index (Phi) is 4.19. The van der Waals surface area contributed by atoms with Gasteiger partial charge in [-0.2, -0.15) is 5.10 Å². The molecule has 2 fully saturated rings. The van der Waals surface area contributed by atoms with Crippen LogP contribution in [0.4, 0.5) is 0 Å². The number of aromatic amines is 1. The number of rotatable bonds is 2. The average Bonchev–Trinajstić information content (AvgIpc) is 2.89. The molecule has 0 unspecified atom stereocenters. The molecular formula is C14H22ClN3O. The third kappa shape index (κ3) is 2.64. The van der Waals surface area contributed by atoms with Gasteiger partial charge in [0, 0.05) is 24.7 Å². The highest BCUT2D eigenvalue weighted by Crippen LogP contribution is 2.42. The summed E-state index contributed by atoms with van der Waals surface area (Å²) in [6.07, 6.45) is 9.40. The zero-order chi connectivity index (χ0) is 12.6. The lowest BCUT2D eigenvalue weighted by atomic mass is 9.69. The Labute approximate surface area is 120 Å². The van der Waals surface area contributed by atoms with E-state index in [2.05, 4.69) is 22.0 Å². The summed E-state index contributed by atoms with van der Waals surface area (Å²) in [6.45, 7) is 3.94. The molecule has 1 amide bonds. The maximum Gasteiger partial charge on any atom is 0.228 e. The molecule has 2 heterocycles. The summed E-state index contributed by atoms with van der Waals surface area (Å²) in [5.41, 5.74) is 1.25. The molecule has 1 saturated heterocycles. The highest BCUT2D eigenvalue weighted by molar-refractivity contribution is 5.85. The molecular weight excluding hydrogens is 262 g/mol. The van der Waals surface area contributed by atoms with Gasteiger partial charge in [-0.05, 0) is 37.2 Å². The molecule has 5 heteroatoms. The smallest absolute Gasteiger partial charge is 0.228 e. The third-order valence-corrected chi connectivity index (χ3v) is 4.75. The molecule has 1 N–H and O–H groups in total. The van der Waals surface area contributed by atoms with Crippen LogP contribution in [0.1, 0.15) is 50.5 Å². The Bertz CT molecular complexity index is 420. The second-order valence-corrected chi connectivity index (χ2v) is 6.01. The molecule has 0 atom stereocenters. The molecule has 0 aromatic carbocycles. The van der Waals surface area contributed by atoms with E-state index in [1.54, 1.807) is 0 Å². The molecule has 1 aliphatic heterocycles. The molecule has 0 bridgehead atoms. The summed E-state index contributed by atoms with van der Waals surface area (Å²) < 4.78 is 0. The van der Waals surface area contributed by atoms with Crippen LogP contribution in [0.5, 0.6) is 0 Å². The fourth-order valence-electron chi connectivity index (χ4n) is 3.20. The highest BCUT2D eigenvalue weighted by atomic mass is 35.5. The monoisotopic (exact) mass is 283 g/mol. The van der Waals surface area contributed by atoms with Gasteiger partial charge in [0.25, 0.3) is 0 Å². The second kappa shape index (κ2) is 5.53. The van der Waals surface area contributed by atoms with E-state index in [0.717, 1.165) is 38.8 Å². The quantitative estimate of drug-likeness (QED) is 0.907. The van der Waals surface area contributed by atoms with Crippen molar-refractivity contribution in [2.45, 2.75) is 44.9 Å². The number of carbonyl (C=O) groups is 1. The number of hydrogen-bond acceptors (Lipinski definition) is 2. The first-order valence-corrected chi connectivity index (χ1v) is 6.97. The lowest BCUT2D eigenvalue weighted by Crippen LogP contribution is -2.48. The van der Waals surface area contributed by atoms with Crippen molar-refractivity contribution in [3.8, 4) is 0 Å². The number of halogens is 1. The van der Waals surface area contributed by atoms with E-state index < -0.39 is 0 Å². The van der Waals surface area contributed by atoms with Crippen LogP contribution in [0.3, 0.4) is 0 Å². The fourth-order valence-corrected chi connectivity index (χ4v) is 3.20. The zero-order valence-corrected chi connectivity index (χ0v) is 12.2. The Morgan fingerprint density at radius 2 is 2.11 bits per heavy atom. The lowest BCUT2D eigenvalue weighted by molar-refractivity contribution is -0.147. The Morgan fingerprint density at radius 3 is 2.58 bits per heavy atom. The number of piperidine rings is 1. The largest absolute Gasteiger partial charge is 0.342 e. The van der Waals surface area contributed by atoms with Crippen molar-refractivity contribution < 1.29 is 4.79 Å². The lowest BCUT2D eigenvalue weighted by Gasteiger charge is -2.43. The van der Waals surface area contributed by atoms with Crippen molar-refractivity contribution in [2.75, 3.05) is 13.1 Å². The standard InChI is InChI=1S/C14H21N3O.ClH/c1-14(5-2-6-14)13(18)17-7-3-11(4-8-17)12-9-15-16-10-12;/h9-11H,2-8H2,1H3,(H,15,16);1H. The molecule has 2 aliphatic rings. The highest BCUT2D eigenvalue weighted by Gasteiger charge is 2.42. The van der Waals surface area contributed by atoms with Crippen molar-refractivity contribution in [3.63, 3.8) is 0 Å². The summed E-state index contributed by atoms with van der Waals surface area (Å²) in [7, 11) is 0. The van der Waals surface area contributed by atoms with Gasteiger partial charge in [0.05, 0.1) is 6.20 Å². The molecule has 4 nitrogen and oxygen atoms in total. The minimum Gasteiger partial charge on any atom is -0.342 e. The Morgan fingerprint density at radius 1 is 1.42 bits per heavy atom. The second-order valence-electron chi connectivity index (χ2n) is 6.01. The maximum atomic E-state index is 12.4. The number of H-pyrrole nitrogens is 1. The van der Waals surface area contributed by atoms with Gasteiger partial charge < -0.3 is 4.90 Å². The number of carbonyl (C=O) groups excluding carboxylic acids is 1. The van der Waals surface area contributed by atoms with Crippen molar-refractivity contribution in [2.24, 2.45) is 5.41 Å². The summed E-state index contributed by atoms with van der Waals surface area (Å²) in [4.78, 5) is 14.5. The zero-order valence-electron chi connectivity index (χ0n) is 11.4. The van der Waals surface area contributed by atoms with Crippen LogP contribution in [0, 0.1) is 5.41 Å². The van der Waals surface area contributed by atoms with Gasteiger partial charge in [0.2, 0.25) is 5.91 Å². The van der Waals surface area contributed by atoms with Gasteiger partial charge in [-0.1, -0.05) is 13.3 Å². The molecule has 1 aromatic rings. The van der Waals surface area contributed by atoms with Crippen LogP contribution >= 0.6 is 12.4 Å². The van der Waals surface area contributed by atoms with Crippen molar-refractivity contribution >= 4 is 18.3 Å². The maximum absolute atomic E-state index is 12.4. The number of amides is 1. The van der Waals surface area contributed by atoms with Gasteiger partial charge in [0.1, 0.15) is 0 Å². The first kappa shape index (κ1) is 14.4. The Balaban J connectivity index is 0.00000133. The van der Waals surface area contributed by atoms with E-state index >= 15 is 0 Å². The van der Waals surface area contributed by atoms with E-state index in [0.29, 0.717) is 11.8 Å². The van der Waals surface area contributed by atoms with E-state index in [9.17, 15) is 4.79 Å². The first-order valence-electron chi connectivity index (χ1n) is 6.97. The van der Waals surface area contributed by atoms with Crippen LogP contribution < -0.4 is 0 Å². The molecule has 1 saturated carbocycles. The average molecular weight is 284 g/mol. The van der Waals surface area contributed by atoms with E-state index in [1.807, 2.05) is 12.4 Å². The summed E-state index contributed by atoms with van der Waals surface area (Å²) >= 11 is 0. The van der Waals surface area contributed by atoms with Gasteiger partial charge in [-0.15, -0.1) is 12.4 Å². The normalized spacial score (nSPS) is 22.5. The summed E-state index contributed by atoms with van der Waals surface area (Å²) in [6, 6.07) is 0. The topological polar surface area (TPSA) is 49.0 Å². The van der Waals surface area contributed by atoms with Crippen LogP contribution in [0.15, 0.2) is 12.4 Å². The molecule has 106 valence electrons. The molecule has 1 aliphatic carbocycles. The van der Waals surface area contributed by atoms with Gasteiger partial charge in [0.15, 0.2) is 0 Å². The number of aromatic nitrogens is 2. The number of nitrogens with zero attached hydrogens (tertiary/aromatic N) is 2. The van der Waals surface area contributed by atoms with E-state index in [-0.39, 0.29) is 17.8 Å². The predicted molar refractivity (Wildman–Crippen MR) is 76.3 cm³/mol. The third-order valence-electron chi connectivity index (χ3n) is 4.75. The van der Waals surface area contributed by atoms with Gasteiger partial charge in [-0.3, -0.25) is 9.89 Å². The summed E-state index contributed by atoms with van der Waals surface area (Å²) in [5, 5.41) is 6.88. The SMILES string of the molecule is CC1(C(=O)N2CCC(c3cn[nH]c3)CC2)CCC1.Cl. The van der Waals surface area contributed by atoms with Gasteiger partial charge in [-0.25, -0.2) is 0 Å². The van der Waals surface area contributed by atoms with Gasteiger partial charge >= 0.3 is 0 Å². The van der Waals surface area contributed by atoms with Crippen LogP contribution in [0.25, 0.3) is 0 Å². The molecule has 0 radical (unpaired) electrons. The fraction of sp³-hybridized carbons (Fsp3) is 0.714. The van der Waals surface area contributed by atoms with Crippen molar-refractivity contribution in [1.82, 2.24) is 15.1 Å². The van der Waals surface area contributed by atoms with Crippen LogP contribution in [0.2, 0.25) is 0 Å². The summed E-state index contributed by atoms with van der Waals surface area (Å²) in [5.74, 6) is 0.960. The van der Waals surface area contributed by atoms with Crippen molar-refractivity contribution in [3.05, 3.63) is 18.0 Å². The Hall–Kier alpha value is -1.03. The number of hydrogen-bond donors (Lipinski definition) is 1. The van der Waals surface area contributed by atoms with Crippen LogP contribution in [-0.2, 0) is 4.79 Å². The van der Waals surface area contributed by atoms with Crippen molar-refractivity contribution in [1.29, 1.82) is 0 Å². The number of likely N-dealkylation sites (tertiary alicyclic amines) is 1. The molecule has 1 aromatic heterocycles. The van der Waals surface area contributed by atoms with E-state index in [1.165, 1.54) is 12.0 Å². The van der Waals surface area contributed by atoms with E-state index in [4.69, 9.17) is 0 Å². The molecule has 0 spiro atoms. The molecule has 19 heavy (non-hydrogen) atoms. The first-order chi connectivity index (χ1) is 8.69.